The van der Waals surface area contributed by atoms with Crippen molar-refractivity contribution in [3.8, 4) is 17.2 Å². The highest BCUT2D eigenvalue weighted by Gasteiger charge is 2.34. The van der Waals surface area contributed by atoms with E-state index in [1.54, 1.807) is 48.5 Å². The molecule has 3 aromatic rings. The second kappa shape index (κ2) is 10.1. The molecule has 4 rings (SSSR count). The van der Waals surface area contributed by atoms with Gasteiger partial charge in [0.25, 0.3) is 11.8 Å². The van der Waals surface area contributed by atoms with Crippen LogP contribution in [0.1, 0.15) is 5.56 Å². The Morgan fingerprint density at radius 2 is 1.58 bits per heavy atom. The van der Waals surface area contributed by atoms with Gasteiger partial charge in [0.2, 0.25) is 0 Å². The van der Waals surface area contributed by atoms with E-state index in [1.807, 2.05) is 30.3 Å². The van der Waals surface area contributed by atoms with Crippen molar-refractivity contribution in [2.24, 2.45) is 0 Å². The molecule has 0 aromatic heterocycles. The summed E-state index contributed by atoms with van der Waals surface area (Å²) in [4.78, 5) is 27.1. The number of hydrogen-bond acceptors (Lipinski definition) is 6. The molecule has 2 N–H and O–H groups in total. The fraction of sp³-hybridized carbons (Fsp3) is 0.0800. The van der Waals surface area contributed by atoms with Gasteiger partial charge in [-0.3, -0.25) is 19.8 Å². The van der Waals surface area contributed by atoms with Crippen LogP contribution in [0, 0.1) is 0 Å². The Morgan fingerprint density at radius 3 is 2.30 bits per heavy atom. The van der Waals surface area contributed by atoms with E-state index < -0.39 is 11.8 Å². The molecule has 0 atom stereocenters. The number of anilines is 1. The number of amides is 2. The lowest BCUT2D eigenvalue weighted by Gasteiger charge is -2.29. The molecular weight excluding hydrogens is 440 g/mol. The van der Waals surface area contributed by atoms with Crippen molar-refractivity contribution in [1.82, 2.24) is 5.32 Å². The number of hydrogen-bond donors (Lipinski definition) is 2. The Kier molecular flexibility index (Phi) is 6.77. The standard InChI is InChI=1S/C25H20N2O5S/c28-14-15-31-22-9-5-4-6-17(22)16-21-23(29)26-25(33)27(24(21)30)18-10-12-20(13-11-18)32-19-7-2-1-3-8-19/h1-13,16,28H,14-15H2,(H,26,29,33). The van der Waals surface area contributed by atoms with Crippen molar-refractivity contribution in [3.05, 3.63) is 90.0 Å². The molecule has 3 aromatic carbocycles. The van der Waals surface area contributed by atoms with Crippen LogP contribution in [0.3, 0.4) is 0 Å². The molecule has 0 aliphatic carbocycles. The zero-order valence-electron chi connectivity index (χ0n) is 17.4. The fourth-order valence-electron chi connectivity index (χ4n) is 3.22. The normalized spacial score (nSPS) is 14.9. The molecule has 166 valence electrons. The average molecular weight is 461 g/mol. The van der Waals surface area contributed by atoms with Crippen molar-refractivity contribution in [2.75, 3.05) is 18.1 Å². The van der Waals surface area contributed by atoms with Crippen LogP contribution in [-0.2, 0) is 9.59 Å². The Balaban J connectivity index is 1.60. The second-order valence-corrected chi connectivity index (χ2v) is 7.36. The van der Waals surface area contributed by atoms with Gasteiger partial charge in [0.1, 0.15) is 29.4 Å². The first-order valence-electron chi connectivity index (χ1n) is 10.1. The minimum absolute atomic E-state index is 0.0105. The van der Waals surface area contributed by atoms with E-state index in [-0.39, 0.29) is 23.9 Å². The summed E-state index contributed by atoms with van der Waals surface area (Å²) >= 11 is 5.26. The molecule has 1 saturated heterocycles. The predicted molar refractivity (Wildman–Crippen MR) is 128 cm³/mol. The minimum atomic E-state index is -0.595. The zero-order valence-corrected chi connectivity index (χ0v) is 18.2. The molecule has 0 bridgehead atoms. The molecule has 8 heteroatoms. The SMILES string of the molecule is O=C1NC(=S)N(c2ccc(Oc3ccccc3)cc2)C(=O)C1=Cc1ccccc1OCCO. The lowest BCUT2D eigenvalue weighted by Crippen LogP contribution is -2.54. The van der Waals surface area contributed by atoms with E-state index in [1.165, 1.54) is 11.0 Å². The zero-order chi connectivity index (χ0) is 23.2. The quantitative estimate of drug-likeness (QED) is 0.318. The van der Waals surface area contributed by atoms with Crippen LogP contribution in [0.5, 0.6) is 17.2 Å². The summed E-state index contributed by atoms with van der Waals surface area (Å²) in [6.07, 6.45) is 1.45. The summed E-state index contributed by atoms with van der Waals surface area (Å²) in [5, 5.41) is 11.6. The lowest BCUT2D eigenvalue weighted by atomic mass is 10.1. The number of aliphatic hydroxyl groups excluding tert-OH is 1. The summed E-state index contributed by atoms with van der Waals surface area (Å²) in [6, 6.07) is 23.1. The van der Waals surface area contributed by atoms with Gasteiger partial charge >= 0.3 is 0 Å². The molecule has 7 nitrogen and oxygen atoms in total. The van der Waals surface area contributed by atoms with E-state index in [9.17, 15) is 9.59 Å². The van der Waals surface area contributed by atoms with E-state index in [0.717, 1.165) is 0 Å². The first-order valence-corrected chi connectivity index (χ1v) is 10.5. The van der Waals surface area contributed by atoms with Gasteiger partial charge in [0, 0.05) is 5.56 Å². The van der Waals surface area contributed by atoms with Crippen LogP contribution >= 0.6 is 12.2 Å². The van der Waals surface area contributed by atoms with Crippen molar-refractivity contribution in [3.63, 3.8) is 0 Å². The van der Waals surface area contributed by atoms with Crippen LogP contribution in [0.15, 0.2) is 84.4 Å². The van der Waals surface area contributed by atoms with Crippen LogP contribution in [0.4, 0.5) is 5.69 Å². The molecule has 0 spiro atoms. The van der Waals surface area contributed by atoms with Gasteiger partial charge in [0.05, 0.1) is 12.3 Å². The number of carbonyl (C=O) groups excluding carboxylic acids is 2. The highest BCUT2D eigenvalue weighted by Crippen LogP contribution is 2.28. The van der Waals surface area contributed by atoms with Gasteiger partial charge in [-0.25, -0.2) is 0 Å². The number of para-hydroxylation sites is 2. The van der Waals surface area contributed by atoms with Gasteiger partial charge in [0.15, 0.2) is 5.11 Å². The van der Waals surface area contributed by atoms with E-state index in [2.05, 4.69) is 5.32 Å². The third-order valence-electron chi connectivity index (χ3n) is 4.74. The van der Waals surface area contributed by atoms with Crippen LogP contribution in [-0.4, -0.2) is 35.2 Å². The van der Waals surface area contributed by atoms with Crippen molar-refractivity contribution < 1.29 is 24.2 Å². The molecule has 33 heavy (non-hydrogen) atoms. The van der Waals surface area contributed by atoms with Crippen LogP contribution in [0.25, 0.3) is 6.08 Å². The van der Waals surface area contributed by atoms with E-state index in [4.69, 9.17) is 26.8 Å². The number of aliphatic hydroxyl groups is 1. The highest BCUT2D eigenvalue weighted by molar-refractivity contribution is 7.80. The maximum atomic E-state index is 13.2. The monoisotopic (exact) mass is 460 g/mol. The van der Waals surface area contributed by atoms with Gasteiger partial charge in [-0.15, -0.1) is 0 Å². The van der Waals surface area contributed by atoms with E-state index in [0.29, 0.717) is 28.5 Å². The first-order chi connectivity index (χ1) is 16.1. The highest BCUT2D eigenvalue weighted by atomic mass is 32.1. The fourth-order valence-corrected chi connectivity index (χ4v) is 3.50. The van der Waals surface area contributed by atoms with Crippen molar-refractivity contribution in [2.45, 2.75) is 0 Å². The first kappa shape index (κ1) is 22.2. The summed E-state index contributed by atoms with van der Waals surface area (Å²) in [6.45, 7) is -0.0652. The molecule has 2 amide bonds. The molecule has 1 heterocycles. The van der Waals surface area contributed by atoms with Crippen LogP contribution < -0.4 is 19.7 Å². The molecular formula is C25H20N2O5S. The molecule has 1 aliphatic heterocycles. The molecule has 0 radical (unpaired) electrons. The maximum absolute atomic E-state index is 13.2. The third kappa shape index (κ3) is 5.08. The number of ether oxygens (including phenoxy) is 2. The topological polar surface area (TPSA) is 88.1 Å². The Hall–Kier alpha value is -4.01. The Labute approximate surface area is 195 Å². The molecule has 0 saturated carbocycles. The number of thiocarbonyl (C=S) groups is 1. The third-order valence-corrected chi connectivity index (χ3v) is 5.03. The summed E-state index contributed by atoms with van der Waals surface area (Å²) in [5.41, 5.74) is 0.929. The molecule has 0 unspecified atom stereocenters. The summed E-state index contributed by atoms with van der Waals surface area (Å²) in [5.74, 6) is 0.575. The average Bonchev–Trinajstić information content (AvgIpc) is 2.82. The summed E-state index contributed by atoms with van der Waals surface area (Å²) < 4.78 is 11.3. The largest absolute Gasteiger partial charge is 0.491 e. The Bertz CT molecular complexity index is 1210. The van der Waals surface area contributed by atoms with Gasteiger partial charge in [-0.05, 0) is 60.8 Å². The number of nitrogens with one attached hydrogen (secondary N) is 1. The van der Waals surface area contributed by atoms with Crippen molar-refractivity contribution in [1.29, 1.82) is 0 Å². The molecule has 1 fully saturated rings. The number of carbonyl (C=O) groups is 2. The lowest BCUT2D eigenvalue weighted by molar-refractivity contribution is -0.122. The Morgan fingerprint density at radius 1 is 0.909 bits per heavy atom. The number of benzene rings is 3. The van der Waals surface area contributed by atoms with E-state index >= 15 is 0 Å². The van der Waals surface area contributed by atoms with Gasteiger partial charge in [-0.1, -0.05) is 36.4 Å². The van der Waals surface area contributed by atoms with Crippen molar-refractivity contribution >= 4 is 40.9 Å². The van der Waals surface area contributed by atoms with Gasteiger partial charge < -0.3 is 14.6 Å². The summed E-state index contributed by atoms with van der Waals surface area (Å²) in [7, 11) is 0. The van der Waals surface area contributed by atoms with Crippen LogP contribution in [0.2, 0.25) is 0 Å². The molecule has 1 aliphatic rings. The van der Waals surface area contributed by atoms with Gasteiger partial charge in [-0.2, -0.15) is 0 Å². The number of nitrogens with zero attached hydrogens (tertiary/aromatic N) is 1. The minimum Gasteiger partial charge on any atom is -0.491 e. The number of rotatable bonds is 7. The maximum Gasteiger partial charge on any atom is 0.270 e. The predicted octanol–water partition coefficient (Wildman–Crippen LogP) is 3.68. The second-order valence-electron chi connectivity index (χ2n) is 6.98. The smallest absolute Gasteiger partial charge is 0.270 e.